The van der Waals surface area contributed by atoms with E-state index in [1.807, 2.05) is 13.8 Å². The number of rotatable bonds is 5. The van der Waals surface area contributed by atoms with Crippen LogP contribution in [0.2, 0.25) is 0 Å². The van der Waals surface area contributed by atoms with E-state index < -0.39 is 22.0 Å². The van der Waals surface area contributed by atoms with Gasteiger partial charge in [0.15, 0.2) is 0 Å². The van der Waals surface area contributed by atoms with Crippen molar-refractivity contribution in [1.29, 1.82) is 0 Å². The number of esters is 1. The number of anilines is 2. The van der Waals surface area contributed by atoms with Crippen LogP contribution in [0.3, 0.4) is 0 Å². The Balaban J connectivity index is 3.18. The molecule has 1 atom stereocenters. The standard InChI is InChI=1S/C12H19N3O4S/c1-7(2)11(12(16)19-3)15-8-5-4-6-9(10(8)13)20(14,17)18/h4-7,11,15H,13H2,1-3H3,(H2,14,17,18). The van der Waals surface area contributed by atoms with Crippen LogP contribution in [0.1, 0.15) is 13.8 Å². The molecule has 112 valence electrons. The third kappa shape index (κ3) is 3.61. The first-order chi connectivity index (χ1) is 9.18. The van der Waals surface area contributed by atoms with Crippen molar-refractivity contribution < 1.29 is 17.9 Å². The van der Waals surface area contributed by atoms with Crippen LogP contribution in [0.25, 0.3) is 0 Å². The molecule has 0 radical (unpaired) electrons. The van der Waals surface area contributed by atoms with Crippen molar-refractivity contribution in [1.82, 2.24) is 0 Å². The van der Waals surface area contributed by atoms with Crippen molar-refractivity contribution in [3.8, 4) is 0 Å². The third-order valence-electron chi connectivity index (χ3n) is 2.81. The first-order valence-corrected chi connectivity index (χ1v) is 7.48. The Bertz CT molecular complexity index is 599. The number of hydrogen-bond donors (Lipinski definition) is 3. The highest BCUT2D eigenvalue weighted by molar-refractivity contribution is 7.89. The molecule has 1 rings (SSSR count). The Labute approximate surface area is 118 Å². The Hall–Kier alpha value is -1.80. The third-order valence-corrected chi connectivity index (χ3v) is 3.77. The molecule has 1 unspecified atom stereocenters. The minimum Gasteiger partial charge on any atom is -0.467 e. The van der Waals surface area contributed by atoms with Gasteiger partial charge >= 0.3 is 5.97 Å². The first kappa shape index (κ1) is 16.3. The first-order valence-electron chi connectivity index (χ1n) is 5.94. The molecule has 0 aliphatic carbocycles. The molecule has 0 aliphatic rings. The smallest absolute Gasteiger partial charge is 0.328 e. The van der Waals surface area contributed by atoms with Crippen LogP contribution in [-0.2, 0) is 19.6 Å². The molecule has 1 aromatic rings. The number of primary sulfonamides is 1. The van der Waals surface area contributed by atoms with Gasteiger partial charge in [0.2, 0.25) is 10.0 Å². The van der Waals surface area contributed by atoms with Gasteiger partial charge in [-0.15, -0.1) is 0 Å². The summed E-state index contributed by atoms with van der Waals surface area (Å²) in [5.74, 6) is -0.527. The molecule has 7 nitrogen and oxygen atoms in total. The number of benzene rings is 1. The Morgan fingerprint density at radius 2 is 1.95 bits per heavy atom. The summed E-state index contributed by atoms with van der Waals surface area (Å²) in [6, 6.07) is 3.73. The quantitative estimate of drug-likeness (QED) is 0.538. The molecule has 5 N–H and O–H groups in total. The van der Waals surface area contributed by atoms with E-state index in [9.17, 15) is 13.2 Å². The van der Waals surface area contributed by atoms with Gasteiger partial charge in [0.05, 0.1) is 18.5 Å². The average Bonchev–Trinajstić information content (AvgIpc) is 2.34. The second kappa shape index (κ2) is 6.10. The molecule has 0 spiro atoms. The van der Waals surface area contributed by atoms with Gasteiger partial charge in [-0.2, -0.15) is 0 Å². The summed E-state index contributed by atoms with van der Waals surface area (Å²) in [4.78, 5) is 11.5. The second-order valence-electron chi connectivity index (χ2n) is 4.65. The lowest BCUT2D eigenvalue weighted by molar-refractivity contribution is -0.142. The number of sulfonamides is 1. The van der Waals surface area contributed by atoms with Gasteiger partial charge in [-0.05, 0) is 18.1 Å². The van der Waals surface area contributed by atoms with Crippen molar-refractivity contribution in [2.75, 3.05) is 18.2 Å². The van der Waals surface area contributed by atoms with Gasteiger partial charge < -0.3 is 15.8 Å². The highest BCUT2D eigenvalue weighted by atomic mass is 32.2. The fraction of sp³-hybridized carbons (Fsp3) is 0.417. The minimum absolute atomic E-state index is 0.0236. The van der Waals surface area contributed by atoms with Crippen LogP contribution in [0.4, 0.5) is 11.4 Å². The number of nitrogens with two attached hydrogens (primary N) is 2. The molecule has 8 heteroatoms. The van der Waals surface area contributed by atoms with E-state index in [0.29, 0.717) is 5.69 Å². The monoisotopic (exact) mass is 301 g/mol. The summed E-state index contributed by atoms with van der Waals surface area (Å²) in [5, 5.41) is 7.97. The maximum atomic E-state index is 11.7. The number of para-hydroxylation sites is 1. The topological polar surface area (TPSA) is 125 Å². The van der Waals surface area contributed by atoms with Crippen molar-refractivity contribution in [2.24, 2.45) is 11.1 Å². The SMILES string of the molecule is COC(=O)C(Nc1cccc(S(N)(=O)=O)c1N)C(C)C. The molecular formula is C12H19N3O4S. The summed E-state index contributed by atoms with van der Waals surface area (Å²) < 4.78 is 27.5. The fourth-order valence-corrected chi connectivity index (χ4v) is 2.39. The number of carbonyl (C=O) groups excluding carboxylic acids is 1. The maximum absolute atomic E-state index is 11.7. The van der Waals surface area contributed by atoms with E-state index in [1.54, 1.807) is 6.07 Å². The van der Waals surface area contributed by atoms with E-state index in [0.717, 1.165) is 0 Å². The molecule has 1 aromatic carbocycles. The van der Waals surface area contributed by atoms with Crippen LogP contribution in [0.15, 0.2) is 23.1 Å². The van der Waals surface area contributed by atoms with Gasteiger partial charge in [0.1, 0.15) is 10.9 Å². The molecule has 0 heterocycles. The molecule has 0 saturated heterocycles. The normalized spacial score (nSPS) is 13.1. The van der Waals surface area contributed by atoms with Gasteiger partial charge in [-0.3, -0.25) is 0 Å². The highest BCUT2D eigenvalue weighted by Crippen LogP contribution is 2.27. The van der Waals surface area contributed by atoms with Gasteiger partial charge in [-0.25, -0.2) is 18.4 Å². The van der Waals surface area contributed by atoms with Crippen molar-refractivity contribution >= 4 is 27.4 Å². The number of ether oxygens (including phenoxy) is 1. The van der Waals surface area contributed by atoms with Crippen molar-refractivity contribution in [3.05, 3.63) is 18.2 Å². The number of nitrogens with one attached hydrogen (secondary N) is 1. The zero-order valence-electron chi connectivity index (χ0n) is 11.6. The summed E-state index contributed by atoms with van der Waals surface area (Å²) in [5.41, 5.74) is 6.08. The largest absolute Gasteiger partial charge is 0.467 e. The lowest BCUT2D eigenvalue weighted by atomic mass is 10.0. The Morgan fingerprint density at radius 3 is 2.40 bits per heavy atom. The van der Waals surface area contributed by atoms with E-state index in [-0.39, 0.29) is 16.5 Å². The Morgan fingerprint density at radius 1 is 1.35 bits per heavy atom. The van der Waals surface area contributed by atoms with E-state index in [1.165, 1.54) is 19.2 Å². The van der Waals surface area contributed by atoms with E-state index in [2.05, 4.69) is 5.32 Å². The van der Waals surface area contributed by atoms with E-state index >= 15 is 0 Å². The van der Waals surface area contributed by atoms with Crippen LogP contribution in [-0.4, -0.2) is 27.5 Å². The molecule has 0 saturated carbocycles. The Kier molecular flexibility index (Phi) is 4.96. The molecule has 0 aromatic heterocycles. The zero-order chi connectivity index (χ0) is 15.5. The predicted octanol–water partition coefficient (Wildman–Crippen LogP) is 0.526. The average molecular weight is 301 g/mol. The van der Waals surface area contributed by atoms with Crippen LogP contribution >= 0.6 is 0 Å². The number of carbonyl (C=O) groups is 1. The van der Waals surface area contributed by atoms with Gasteiger partial charge in [-0.1, -0.05) is 19.9 Å². The van der Waals surface area contributed by atoms with Crippen LogP contribution in [0.5, 0.6) is 0 Å². The number of hydrogen-bond acceptors (Lipinski definition) is 6. The molecule has 0 aliphatic heterocycles. The van der Waals surface area contributed by atoms with Crippen LogP contribution < -0.4 is 16.2 Å². The zero-order valence-corrected chi connectivity index (χ0v) is 12.4. The summed E-state index contributed by atoms with van der Waals surface area (Å²) in [6.07, 6.45) is 0. The molecular weight excluding hydrogens is 282 g/mol. The van der Waals surface area contributed by atoms with Gasteiger partial charge in [0, 0.05) is 0 Å². The minimum atomic E-state index is -3.92. The molecule has 0 bridgehead atoms. The van der Waals surface area contributed by atoms with Crippen molar-refractivity contribution in [2.45, 2.75) is 24.8 Å². The fourth-order valence-electron chi connectivity index (χ4n) is 1.71. The summed E-state index contributed by atoms with van der Waals surface area (Å²) in [7, 11) is -2.64. The van der Waals surface area contributed by atoms with Crippen LogP contribution in [0, 0.1) is 5.92 Å². The maximum Gasteiger partial charge on any atom is 0.328 e. The molecule has 0 fully saturated rings. The van der Waals surface area contributed by atoms with E-state index in [4.69, 9.17) is 15.6 Å². The molecule has 20 heavy (non-hydrogen) atoms. The summed E-state index contributed by atoms with van der Waals surface area (Å²) in [6.45, 7) is 3.66. The lowest BCUT2D eigenvalue weighted by Gasteiger charge is -2.22. The second-order valence-corrected chi connectivity index (χ2v) is 6.18. The highest BCUT2D eigenvalue weighted by Gasteiger charge is 2.24. The predicted molar refractivity (Wildman–Crippen MR) is 76.5 cm³/mol. The van der Waals surface area contributed by atoms with Crippen molar-refractivity contribution in [3.63, 3.8) is 0 Å². The number of methoxy groups -OCH3 is 1. The summed E-state index contributed by atoms with van der Waals surface area (Å²) >= 11 is 0. The van der Waals surface area contributed by atoms with Gasteiger partial charge in [0.25, 0.3) is 0 Å². The lowest BCUT2D eigenvalue weighted by Crippen LogP contribution is -2.35. The molecule has 0 amide bonds. The number of nitrogen functional groups attached to an aromatic ring is 1.